The second-order valence-corrected chi connectivity index (χ2v) is 5.85. The van der Waals surface area contributed by atoms with E-state index in [0.29, 0.717) is 5.92 Å². The molecular formula is C18H21F3O. The molecule has 0 radical (unpaired) electrons. The number of benzene rings is 1. The monoisotopic (exact) mass is 310 g/mol. The van der Waals surface area contributed by atoms with Crippen LogP contribution in [-0.4, -0.2) is 6.36 Å². The van der Waals surface area contributed by atoms with Crippen molar-refractivity contribution in [3.8, 4) is 17.6 Å². The number of rotatable bonds is 3. The highest BCUT2D eigenvalue weighted by molar-refractivity contribution is 5.38. The summed E-state index contributed by atoms with van der Waals surface area (Å²) < 4.78 is 40.0. The molecular weight excluding hydrogens is 289 g/mol. The number of alkyl halides is 3. The highest BCUT2D eigenvalue weighted by Gasteiger charge is 2.30. The Balaban J connectivity index is 1.87. The zero-order chi connectivity index (χ0) is 16.0. The fraction of sp³-hybridized carbons (Fsp3) is 0.556. The summed E-state index contributed by atoms with van der Waals surface area (Å²) >= 11 is 0. The van der Waals surface area contributed by atoms with E-state index in [2.05, 4.69) is 23.5 Å². The average Bonchev–Trinajstić information content (AvgIpc) is 2.47. The van der Waals surface area contributed by atoms with Crippen LogP contribution in [0.15, 0.2) is 24.3 Å². The maximum atomic E-state index is 12.1. The molecule has 0 amide bonds. The second kappa shape index (κ2) is 7.58. The quantitative estimate of drug-likeness (QED) is 0.666. The van der Waals surface area contributed by atoms with Gasteiger partial charge in [-0.1, -0.05) is 31.6 Å². The summed E-state index contributed by atoms with van der Waals surface area (Å²) in [5.74, 6) is 7.37. The van der Waals surface area contributed by atoms with Crippen LogP contribution in [-0.2, 0) is 0 Å². The molecule has 120 valence electrons. The average molecular weight is 310 g/mol. The molecule has 1 saturated carbocycles. The van der Waals surface area contributed by atoms with Crippen molar-refractivity contribution in [2.24, 2.45) is 11.8 Å². The van der Waals surface area contributed by atoms with Crippen LogP contribution < -0.4 is 4.74 Å². The van der Waals surface area contributed by atoms with Crippen molar-refractivity contribution in [3.63, 3.8) is 0 Å². The van der Waals surface area contributed by atoms with Gasteiger partial charge in [-0.25, -0.2) is 0 Å². The second-order valence-electron chi connectivity index (χ2n) is 5.85. The van der Waals surface area contributed by atoms with Crippen molar-refractivity contribution in [1.29, 1.82) is 0 Å². The van der Waals surface area contributed by atoms with Crippen molar-refractivity contribution in [2.45, 2.75) is 51.8 Å². The molecule has 1 fully saturated rings. The molecule has 0 aromatic heterocycles. The van der Waals surface area contributed by atoms with Crippen LogP contribution in [0.1, 0.15) is 51.0 Å². The van der Waals surface area contributed by atoms with Crippen LogP contribution in [0.2, 0.25) is 0 Å². The van der Waals surface area contributed by atoms with E-state index in [9.17, 15) is 13.2 Å². The molecule has 1 aliphatic carbocycles. The van der Waals surface area contributed by atoms with Gasteiger partial charge in [0.05, 0.1) is 0 Å². The zero-order valence-electron chi connectivity index (χ0n) is 12.7. The van der Waals surface area contributed by atoms with Gasteiger partial charge in [-0.3, -0.25) is 0 Å². The minimum atomic E-state index is -4.65. The topological polar surface area (TPSA) is 9.23 Å². The number of ether oxygens (including phenoxy) is 1. The predicted octanol–water partition coefficient (Wildman–Crippen LogP) is 5.54. The molecule has 1 aromatic carbocycles. The highest BCUT2D eigenvalue weighted by Crippen LogP contribution is 2.31. The molecule has 2 rings (SSSR count). The maximum absolute atomic E-state index is 12.1. The van der Waals surface area contributed by atoms with Gasteiger partial charge in [-0.15, -0.1) is 13.2 Å². The van der Waals surface area contributed by atoms with Crippen LogP contribution >= 0.6 is 0 Å². The molecule has 0 spiro atoms. The van der Waals surface area contributed by atoms with Gasteiger partial charge >= 0.3 is 6.36 Å². The summed E-state index contributed by atoms with van der Waals surface area (Å²) in [6.45, 7) is 2.22. The fourth-order valence-corrected chi connectivity index (χ4v) is 2.93. The molecule has 0 saturated heterocycles. The summed E-state index contributed by atoms with van der Waals surface area (Å²) in [6, 6.07) is 5.73. The molecule has 1 aromatic rings. The molecule has 0 atom stereocenters. The zero-order valence-corrected chi connectivity index (χ0v) is 12.7. The van der Waals surface area contributed by atoms with Crippen molar-refractivity contribution < 1.29 is 17.9 Å². The summed E-state index contributed by atoms with van der Waals surface area (Å²) in [6.07, 6.45) is 2.65. The molecule has 0 N–H and O–H groups in total. The summed E-state index contributed by atoms with van der Waals surface area (Å²) in [4.78, 5) is 0. The Morgan fingerprint density at radius 1 is 1.09 bits per heavy atom. The SMILES string of the molecule is CCC[C@H]1CC[C@H](C#Cc2ccc(OC(F)(F)F)cc2)CC1. The standard InChI is InChI=1S/C18H21F3O/c1-2-3-14-4-6-15(7-5-14)8-9-16-10-12-17(13-11-16)22-18(19,20)21/h10-15H,2-7H2,1H3/t14-,15-. The van der Waals surface area contributed by atoms with Crippen molar-refractivity contribution >= 4 is 0 Å². The number of halogens is 3. The van der Waals surface area contributed by atoms with Gasteiger partial charge in [-0.05, 0) is 55.9 Å². The molecule has 0 aliphatic heterocycles. The Bertz CT molecular complexity index is 514. The molecule has 0 unspecified atom stereocenters. The van der Waals surface area contributed by atoms with Crippen molar-refractivity contribution in [2.75, 3.05) is 0 Å². The van der Waals surface area contributed by atoms with Crippen molar-refractivity contribution in [3.05, 3.63) is 29.8 Å². The van der Waals surface area contributed by atoms with E-state index >= 15 is 0 Å². The lowest BCUT2D eigenvalue weighted by atomic mass is 9.80. The first-order valence-corrected chi connectivity index (χ1v) is 7.83. The number of hydrogen-bond donors (Lipinski definition) is 0. The first-order chi connectivity index (χ1) is 10.5. The van der Waals surface area contributed by atoms with Gasteiger partial charge in [0.2, 0.25) is 0 Å². The third-order valence-corrected chi connectivity index (χ3v) is 4.05. The Morgan fingerprint density at radius 3 is 2.27 bits per heavy atom. The van der Waals surface area contributed by atoms with Crippen LogP contribution in [0.3, 0.4) is 0 Å². The molecule has 1 nitrogen and oxygen atoms in total. The summed E-state index contributed by atoms with van der Waals surface area (Å²) in [5.41, 5.74) is 0.727. The Kier molecular flexibility index (Phi) is 5.76. The maximum Gasteiger partial charge on any atom is 0.573 e. The van der Waals surface area contributed by atoms with E-state index < -0.39 is 6.36 Å². The first-order valence-electron chi connectivity index (χ1n) is 7.83. The Morgan fingerprint density at radius 2 is 1.73 bits per heavy atom. The van der Waals surface area contributed by atoms with E-state index in [-0.39, 0.29) is 5.75 Å². The Hall–Kier alpha value is -1.63. The predicted molar refractivity (Wildman–Crippen MR) is 80.4 cm³/mol. The lowest BCUT2D eigenvalue weighted by molar-refractivity contribution is -0.274. The summed E-state index contributed by atoms with van der Waals surface area (Å²) in [5, 5.41) is 0. The van der Waals surface area contributed by atoms with Crippen LogP contribution in [0, 0.1) is 23.7 Å². The normalized spacial score (nSPS) is 21.8. The highest BCUT2D eigenvalue weighted by atomic mass is 19.4. The largest absolute Gasteiger partial charge is 0.573 e. The van der Waals surface area contributed by atoms with Crippen LogP contribution in [0.5, 0.6) is 5.75 Å². The minimum absolute atomic E-state index is 0.210. The smallest absolute Gasteiger partial charge is 0.406 e. The minimum Gasteiger partial charge on any atom is -0.406 e. The lowest BCUT2D eigenvalue weighted by Gasteiger charge is -2.25. The fourth-order valence-electron chi connectivity index (χ4n) is 2.93. The Labute approximate surface area is 129 Å². The van der Waals surface area contributed by atoms with Crippen LogP contribution in [0.25, 0.3) is 0 Å². The van der Waals surface area contributed by atoms with Crippen molar-refractivity contribution in [1.82, 2.24) is 0 Å². The summed E-state index contributed by atoms with van der Waals surface area (Å²) in [7, 11) is 0. The van der Waals surface area contributed by atoms with E-state index in [1.54, 1.807) is 12.1 Å². The van der Waals surface area contributed by atoms with E-state index in [0.717, 1.165) is 24.3 Å². The van der Waals surface area contributed by atoms with Gasteiger partial charge < -0.3 is 4.74 Å². The lowest BCUT2D eigenvalue weighted by Crippen LogP contribution is -2.16. The van der Waals surface area contributed by atoms with E-state index in [4.69, 9.17) is 0 Å². The van der Waals surface area contributed by atoms with Gasteiger partial charge in [0.15, 0.2) is 0 Å². The van der Waals surface area contributed by atoms with E-state index in [1.165, 1.54) is 37.8 Å². The van der Waals surface area contributed by atoms with E-state index in [1.807, 2.05) is 0 Å². The molecule has 4 heteroatoms. The van der Waals surface area contributed by atoms with Crippen LogP contribution in [0.4, 0.5) is 13.2 Å². The van der Waals surface area contributed by atoms with Gasteiger partial charge in [0.1, 0.15) is 5.75 Å². The third kappa shape index (κ3) is 5.63. The first kappa shape index (κ1) is 16.7. The number of hydrogen-bond acceptors (Lipinski definition) is 1. The molecule has 22 heavy (non-hydrogen) atoms. The molecule has 0 heterocycles. The third-order valence-electron chi connectivity index (χ3n) is 4.05. The van der Waals surface area contributed by atoms with Gasteiger partial charge in [0.25, 0.3) is 0 Å². The molecule has 0 bridgehead atoms. The molecule has 1 aliphatic rings. The van der Waals surface area contributed by atoms with Gasteiger partial charge in [0, 0.05) is 11.5 Å². The van der Waals surface area contributed by atoms with Gasteiger partial charge in [-0.2, -0.15) is 0 Å².